The number of carbonyl (C=O) groups is 1. The number of nitrogens with zero attached hydrogens (tertiary/aromatic N) is 4. The number of benzene rings is 1. The van der Waals surface area contributed by atoms with Crippen LogP contribution in [0.2, 0.25) is 0 Å². The number of halogens is 2. The number of piperazine rings is 1. The molecule has 1 aliphatic rings. The normalized spacial score (nSPS) is 15.0. The molecule has 2 N–H and O–H groups in total. The molecule has 0 unspecified atom stereocenters. The van der Waals surface area contributed by atoms with Gasteiger partial charge in [0.15, 0.2) is 5.96 Å². The van der Waals surface area contributed by atoms with Gasteiger partial charge in [-0.1, -0.05) is 27.2 Å². The zero-order valence-electron chi connectivity index (χ0n) is 16.3. The average molecular weight is 577 g/mol. The van der Waals surface area contributed by atoms with E-state index in [0.717, 1.165) is 48.8 Å². The predicted molar refractivity (Wildman–Crippen MR) is 127 cm³/mol. The fraction of sp³-hybridized carbons (Fsp3) is 0.421. The van der Waals surface area contributed by atoms with Crippen LogP contribution in [0.5, 0.6) is 0 Å². The maximum Gasteiger partial charge on any atom is 0.251 e. The van der Waals surface area contributed by atoms with Crippen LogP contribution in [0.3, 0.4) is 0 Å². The van der Waals surface area contributed by atoms with Crippen molar-refractivity contribution in [1.29, 1.82) is 0 Å². The molecule has 10 heteroatoms. The van der Waals surface area contributed by atoms with E-state index >= 15 is 0 Å². The molecule has 0 bridgehead atoms. The molecular formula is C19H26BrIN6O2. The van der Waals surface area contributed by atoms with Gasteiger partial charge in [-0.3, -0.25) is 14.7 Å². The summed E-state index contributed by atoms with van der Waals surface area (Å²) >= 11 is 3.38. The highest BCUT2D eigenvalue weighted by Crippen LogP contribution is 2.11. The molecule has 0 radical (unpaired) electrons. The number of hydrogen-bond acceptors (Lipinski definition) is 5. The second kappa shape index (κ2) is 12.1. The van der Waals surface area contributed by atoms with E-state index in [1.54, 1.807) is 25.4 Å². The van der Waals surface area contributed by atoms with Crippen LogP contribution in [-0.2, 0) is 6.54 Å². The number of nitrogens with one attached hydrogen (secondary N) is 2. The van der Waals surface area contributed by atoms with Crippen molar-refractivity contribution in [3.8, 4) is 0 Å². The molecule has 1 aliphatic heterocycles. The Bertz CT molecular complexity index is 794. The van der Waals surface area contributed by atoms with Gasteiger partial charge in [-0.15, -0.1) is 24.0 Å². The van der Waals surface area contributed by atoms with Gasteiger partial charge in [-0.05, 0) is 18.2 Å². The van der Waals surface area contributed by atoms with Crippen LogP contribution in [0, 0.1) is 0 Å². The summed E-state index contributed by atoms with van der Waals surface area (Å²) < 4.78 is 5.78. The van der Waals surface area contributed by atoms with Gasteiger partial charge in [0, 0.05) is 69.0 Å². The van der Waals surface area contributed by atoms with Crippen LogP contribution in [0.1, 0.15) is 16.1 Å². The minimum Gasteiger partial charge on any atom is -0.364 e. The Morgan fingerprint density at radius 3 is 2.62 bits per heavy atom. The van der Waals surface area contributed by atoms with Gasteiger partial charge in [-0.2, -0.15) is 0 Å². The van der Waals surface area contributed by atoms with Crippen molar-refractivity contribution in [2.75, 3.05) is 46.3 Å². The third-order valence-electron chi connectivity index (χ3n) is 4.54. The van der Waals surface area contributed by atoms with E-state index in [2.05, 4.69) is 46.5 Å². The second-order valence-electron chi connectivity index (χ2n) is 6.49. The van der Waals surface area contributed by atoms with Gasteiger partial charge in [0.2, 0.25) is 0 Å². The molecule has 2 heterocycles. The molecule has 0 atom stereocenters. The van der Waals surface area contributed by atoms with Crippen molar-refractivity contribution in [3.63, 3.8) is 0 Å². The standard InChI is InChI=1S/C19H25BrN6O2.HI/c1-21-19(23-7-6-22-18(27)15-3-2-4-16(20)13-15)26-10-8-25(9-11-26)14-17-5-12-28-24-17;/h2-5,12-13H,6-11,14H2,1H3,(H,21,23)(H,22,27);1H. The summed E-state index contributed by atoms with van der Waals surface area (Å²) in [6.45, 7) is 5.60. The third kappa shape index (κ3) is 7.27. The lowest BCUT2D eigenvalue weighted by Gasteiger charge is -2.36. The SMILES string of the molecule is CN=C(NCCNC(=O)c1cccc(Br)c1)N1CCN(Cc2ccon2)CC1.I. The molecule has 0 saturated carbocycles. The van der Waals surface area contributed by atoms with Gasteiger partial charge in [0.1, 0.15) is 6.26 Å². The number of guanidine groups is 1. The first kappa shape index (κ1) is 23.6. The molecule has 1 aromatic heterocycles. The number of aromatic nitrogens is 1. The van der Waals surface area contributed by atoms with Crippen LogP contribution in [0.4, 0.5) is 0 Å². The number of carbonyl (C=O) groups excluding carboxylic acids is 1. The summed E-state index contributed by atoms with van der Waals surface area (Å²) in [4.78, 5) is 21.1. The van der Waals surface area contributed by atoms with Crippen LogP contribution in [0.25, 0.3) is 0 Å². The summed E-state index contributed by atoms with van der Waals surface area (Å²) in [5.74, 6) is 0.775. The Morgan fingerprint density at radius 1 is 1.21 bits per heavy atom. The van der Waals surface area contributed by atoms with Crippen molar-refractivity contribution < 1.29 is 9.32 Å². The summed E-state index contributed by atoms with van der Waals surface area (Å²) in [7, 11) is 1.78. The van der Waals surface area contributed by atoms with Crippen LogP contribution in [-0.4, -0.2) is 73.1 Å². The molecule has 158 valence electrons. The third-order valence-corrected chi connectivity index (χ3v) is 5.03. The fourth-order valence-corrected chi connectivity index (χ4v) is 3.48. The molecule has 1 fully saturated rings. The van der Waals surface area contributed by atoms with E-state index in [-0.39, 0.29) is 29.9 Å². The average Bonchev–Trinajstić information content (AvgIpc) is 3.22. The first-order valence-electron chi connectivity index (χ1n) is 9.26. The van der Waals surface area contributed by atoms with E-state index in [1.807, 2.05) is 18.2 Å². The van der Waals surface area contributed by atoms with Gasteiger partial charge in [-0.25, -0.2) is 0 Å². The maximum absolute atomic E-state index is 12.2. The lowest BCUT2D eigenvalue weighted by atomic mass is 10.2. The first-order valence-corrected chi connectivity index (χ1v) is 10.1. The van der Waals surface area contributed by atoms with E-state index in [0.29, 0.717) is 18.7 Å². The van der Waals surface area contributed by atoms with Gasteiger partial charge in [0.25, 0.3) is 5.91 Å². The minimum atomic E-state index is -0.0837. The maximum atomic E-state index is 12.2. The number of amides is 1. The van der Waals surface area contributed by atoms with Crippen LogP contribution in [0.15, 0.2) is 50.6 Å². The molecule has 1 amide bonds. The number of hydrogen-bond donors (Lipinski definition) is 2. The van der Waals surface area contributed by atoms with Gasteiger partial charge in [0.05, 0.1) is 5.69 Å². The molecular weight excluding hydrogens is 551 g/mol. The Labute approximate surface area is 196 Å². The second-order valence-corrected chi connectivity index (χ2v) is 7.41. The quantitative estimate of drug-likeness (QED) is 0.237. The Hall–Kier alpha value is -1.66. The van der Waals surface area contributed by atoms with E-state index < -0.39 is 0 Å². The van der Waals surface area contributed by atoms with Crippen molar-refractivity contribution in [2.45, 2.75) is 6.54 Å². The number of aliphatic imine (C=N–C) groups is 1. The minimum absolute atomic E-state index is 0. The largest absolute Gasteiger partial charge is 0.364 e. The topological polar surface area (TPSA) is 86.0 Å². The Morgan fingerprint density at radius 2 is 1.97 bits per heavy atom. The molecule has 0 spiro atoms. The summed E-state index contributed by atoms with van der Waals surface area (Å²) in [5.41, 5.74) is 1.60. The lowest BCUT2D eigenvalue weighted by Crippen LogP contribution is -2.53. The van der Waals surface area contributed by atoms with E-state index in [9.17, 15) is 4.79 Å². The van der Waals surface area contributed by atoms with Crippen molar-refractivity contribution >= 4 is 51.8 Å². The first-order chi connectivity index (χ1) is 13.7. The smallest absolute Gasteiger partial charge is 0.251 e. The molecule has 3 rings (SSSR count). The summed E-state index contributed by atoms with van der Waals surface area (Å²) in [6.07, 6.45) is 1.60. The fourth-order valence-electron chi connectivity index (χ4n) is 3.08. The van der Waals surface area contributed by atoms with Gasteiger partial charge < -0.3 is 20.1 Å². The molecule has 29 heavy (non-hydrogen) atoms. The Balaban J connectivity index is 0.00000300. The highest BCUT2D eigenvalue weighted by atomic mass is 127. The molecule has 1 aromatic carbocycles. The predicted octanol–water partition coefficient (Wildman–Crippen LogP) is 2.18. The zero-order valence-corrected chi connectivity index (χ0v) is 20.2. The molecule has 8 nitrogen and oxygen atoms in total. The van der Waals surface area contributed by atoms with E-state index in [4.69, 9.17) is 4.52 Å². The molecule has 1 saturated heterocycles. The van der Waals surface area contributed by atoms with Crippen LogP contribution < -0.4 is 10.6 Å². The Kier molecular flexibility index (Phi) is 9.88. The van der Waals surface area contributed by atoms with E-state index in [1.165, 1.54) is 0 Å². The number of rotatable bonds is 6. The molecule has 0 aliphatic carbocycles. The lowest BCUT2D eigenvalue weighted by molar-refractivity contribution is 0.0954. The van der Waals surface area contributed by atoms with Crippen molar-refractivity contribution in [1.82, 2.24) is 25.6 Å². The molecule has 2 aromatic rings. The summed E-state index contributed by atoms with van der Waals surface area (Å²) in [6, 6.07) is 9.25. The highest BCUT2D eigenvalue weighted by Gasteiger charge is 2.20. The highest BCUT2D eigenvalue weighted by molar-refractivity contribution is 14.0. The van der Waals surface area contributed by atoms with Crippen LogP contribution >= 0.6 is 39.9 Å². The zero-order chi connectivity index (χ0) is 19.8. The van der Waals surface area contributed by atoms with Gasteiger partial charge >= 0.3 is 0 Å². The summed E-state index contributed by atoms with van der Waals surface area (Å²) in [5, 5.41) is 10.2. The van der Waals surface area contributed by atoms with Crippen molar-refractivity contribution in [2.24, 2.45) is 4.99 Å². The van der Waals surface area contributed by atoms with Crippen molar-refractivity contribution in [3.05, 3.63) is 52.3 Å². The monoisotopic (exact) mass is 576 g/mol.